The van der Waals surface area contributed by atoms with Crippen LogP contribution < -0.4 is 0 Å². The van der Waals surface area contributed by atoms with Crippen LogP contribution in [0.1, 0.15) is 71.1 Å². The molecule has 2 N–H and O–H groups in total. The van der Waals surface area contributed by atoms with Gasteiger partial charge in [-0.1, -0.05) is 63.3 Å². The molecule has 0 saturated heterocycles. The first-order valence-electron chi connectivity index (χ1n) is 8.10. The first-order chi connectivity index (χ1) is 10.2. The summed E-state index contributed by atoms with van der Waals surface area (Å²) in [6, 6.07) is 0. The van der Waals surface area contributed by atoms with Gasteiger partial charge in [-0.25, -0.2) is 0 Å². The number of carbonyl (C=O) groups is 1. The van der Waals surface area contributed by atoms with Crippen molar-refractivity contribution in [1.82, 2.24) is 0 Å². The van der Waals surface area contributed by atoms with Gasteiger partial charge in [-0.15, -0.1) is 0 Å². The van der Waals surface area contributed by atoms with Gasteiger partial charge in [0, 0.05) is 12.8 Å². The maximum absolute atomic E-state index is 10.3. The van der Waals surface area contributed by atoms with Crippen molar-refractivity contribution in [2.24, 2.45) is 0 Å². The topological polar surface area (TPSA) is 57.5 Å². The minimum Gasteiger partial charge on any atom is -0.512 e. The van der Waals surface area contributed by atoms with E-state index in [0.717, 1.165) is 38.5 Å². The molecule has 0 atom stereocenters. The van der Waals surface area contributed by atoms with E-state index in [1.165, 1.54) is 12.8 Å². The van der Waals surface area contributed by atoms with Gasteiger partial charge < -0.3 is 10.2 Å². The highest BCUT2D eigenvalue weighted by Gasteiger charge is 1.97. The fraction of sp³-hybridized carbons (Fsp3) is 0.611. The molecule has 0 aliphatic heterocycles. The molecule has 0 aromatic carbocycles. The van der Waals surface area contributed by atoms with Crippen LogP contribution in [0.3, 0.4) is 0 Å². The van der Waals surface area contributed by atoms with Gasteiger partial charge in [0.15, 0.2) is 0 Å². The SMILES string of the molecule is CCCC/C=C/C=C/C=C(\O)CCCCCCCC(=O)O. The van der Waals surface area contributed by atoms with Crippen LogP contribution in [0.15, 0.2) is 36.1 Å². The van der Waals surface area contributed by atoms with Crippen LogP contribution in [0.4, 0.5) is 0 Å². The van der Waals surface area contributed by atoms with E-state index in [0.29, 0.717) is 12.2 Å². The standard InChI is InChI=1S/C18H30O3/c1-2-3-4-5-6-8-11-14-17(19)15-12-9-7-10-13-16-18(20)21/h5-6,8,11,14,19H,2-4,7,9-10,12-13,15-16H2,1H3,(H,20,21)/b6-5+,11-8+,17-14-. The van der Waals surface area contributed by atoms with E-state index < -0.39 is 5.97 Å². The largest absolute Gasteiger partial charge is 0.512 e. The van der Waals surface area contributed by atoms with E-state index >= 15 is 0 Å². The third-order valence-corrected chi connectivity index (χ3v) is 3.19. The number of carboxylic acid groups (broad SMARTS) is 1. The van der Waals surface area contributed by atoms with Crippen molar-refractivity contribution in [3.05, 3.63) is 36.1 Å². The number of rotatable bonds is 13. The Morgan fingerprint density at radius 1 is 0.857 bits per heavy atom. The molecule has 0 radical (unpaired) electrons. The number of allylic oxidation sites excluding steroid dienone is 6. The Labute approximate surface area is 129 Å². The predicted molar refractivity (Wildman–Crippen MR) is 88.5 cm³/mol. The molecule has 0 spiro atoms. The monoisotopic (exact) mass is 294 g/mol. The second-order valence-corrected chi connectivity index (χ2v) is 5.27. The molecule has 0 fully saturated rings. The lowest BCUT2D eigenvalue weighted by Gasteiger charge is -2.00. The molecular formula is C18H30O3. The minimum absolute atomic E-state index is 0.266. The van der Waals surface area contributed by atoms with Gasteiger partial charge in [0.05, 0.1) is 5.76 Å². The maximum Gasteiger partial charge on any atom is 0.303 e. The van der Waals surface area contributed by atoms with Crippen molar-refractivity contribution in [3.8, 4) is 0 Å². The van der Waals surface area contributed by atoms with Crippen molar-refractivity contribution in [1.29, 1.82) is 0 Å². The lowest BCUT2D eigenvalue weighted by atomic mass is 10.1. The van der Waals surface area contributed by atoms with Gasteiger partial charge in [-0.3, -0.25) is 4.79 Å². The van der Waals surface area contributed by atoms with E-state index in [9.17, 15) is 9.90 Å². The molecule has 0 bridgehead atoms. The fourth-order valence-electron chi connectivity index (χ4n) is 1.92. The molecule has 3 heteroatoms. The highest BCUT2D eigenvalue weighted by Crippen LogP contribution is 2.10. The summed E-state index contributed by atoms with van der Waals surface area (Å²) in [6.45, 7) is 2.18. The smallest absolute Gasteiger partial charge is 0.303 e. The number of carboxylic acids is 1. The average molecular weight is 294 g/mol. The number of aliphatic carboxylic acids is 1. The van der Waals surface area contributed by atoms with Crippen molar-refractivity contribution >= 4 is 5.97 Å². The molecule has 0 unspecified atom stereocenters. The van der Waals surface area contributed by atoms with Crippen molar-refractivity contribution in [2.45, 2.75) is 71.1 Å². The molecule has 0 saturated carbocycles. The molecule has 21 heavy (non-hydrogen) atoms. The summed E-state index contributed by atoms with van der Waals surface area (Å²) >= 11 is 0. The highest BCUT2D eigenvalue weighted by molar-refractivity contribution is 5.66. The average Bonchev–Trinajstić information content (AvgIpc) is 2.45. The molecule has 0 aliphatic carbocycles. The second-order valence-electron chi connectivity index (χ2n) is 5.27. The zero-order valence-electron chi connectivity index (χ0n) is 13.3. The summed E-state index contributed by atoms with van der Waals surface area (Å²) in [4.78, 5) is 10.3. The molecule has 0 aromatic rings. The normalized spacial score (nSPS) is 12.5. The molecule has 0 heterocycles. The summed E-state index contributed by atoms with van der Waals surface area (Å²) in [5.74, 6) is -0.301. The quantitative estimate of drug-likeness (QED) is 0.266. The molecule has 0 rings (SSSR count). The lowest BCUT2D eigenvalue weighted by molar-refractivity contribution is -0.137. The Balaban J connectivity index is 3.53. The lowest BCUT2D eigenvalue weighted by Crippen LogP contribution is -1.93. The van der Waals surface area contributed by atoms with E-state index in [1.54, 1.807) is 6.08 Å². The van der Waals surface area contributed by atoms with Crippen LogP contribution in [0.2, 0.25) is 0 Å². The summed E-state index contributed by atoms with van der Waals surface area (Å²) in [5, 5.41) is 18.2. The third-order valence-electron chi connectivity index (χ3n) is 3.19. The van der Waals surface area contributed by atoms with E-state index in [1.807, 2.05) is 18.2 Å². The molecule has 120 valence electrons. The fourth-order valence-corrected chi connectivity index (χ4v) is 1.92. The molecular weight excluding hydrogens is 264 g/mol. The summed E-state index contributed by atoms with van der Waals surface area (Å²) in [6.07, 6.45) is 19.0. The van der Waals surface area contributed by atoms with Crippen LogP contribution in [0.25, 0.3) is 0 Å². The van der Waals surface area contributed by atoms with Crippen LogP contribution in [0.5, 0.6) is 0 Å². The van der Waals surface area contributed by atoms with Gasteiger partial charge in [0.1, 0.15) is 0 Å². The van der Waals surface area contributed by atoms with Gasteiger partial charge >= 0.3 is 5.97 Å². The Morgan fingerprint density at radius 3 is 2.19 bits per heavy atom. The predicted octanol–water partition coefficient (Wildman–Crippen LogP) is 5.55. The molecule has 0 amide bonds. The van der Waals surface area contributed by atoms with Gasteiger partial charge in [-0.2, -0.15) is 0 Å². The van der Waals surface area contributed by atoms with Crippen LogP contribution in [0, 0.1) is 0 Å². The Bertz CT molecular complexity index is 340. The molecule has 0 aliphatic rings. The first kappa shape index (κ1) is 19.5. The van der Waals surface area contributed by atoms with Gasteiger partial charge in [0.2, 0.25) is 0 Å². The van der Waals surface area contributed by atoms with E-state index in [-0.39, 0.29) is 6.42 Å². The van der Waals surface area contributed by atoms with Crippen molar-refractivity contribution < 1.29 is 15.0 Å². The summed E-state index contributed by atoms with van der Waals surface area (Å²) in [7, 11) is 0. The van der Waals surface area contributed by atoms with Crippen molar-refractivity contribution in [3.63, 3.8) is 0 Å². The van der Waals surface area contributed by atoms with Gasteiger partial charge in [-0.05, 0) is 25.3 Å². The summed E-state index contributed by atoms with van der Waals surface area (Å²) < 4.78 is 0. The van der Waals surface area contributed by atoms with E-state index in [4.69, 9.17) is 5.11 Å². The Hall–Kier alpha value is -1.51. The number of aliphatic hydroxyl groups is 1. The third kappa shape index (κ3) is 16.4. The maximum atomic E-state index is 10.3. The van der Waals surface area contributed by atoms with Crippen LogP contribution in [-0.4, -0.2) is 16.2 Å². The minimum atomic E-state index is -0.717. The van der Waals surface area contributed by atoms with E-state index in [2.05, 4.69) is 13.0 Å². The van der Waals surface area contributed by atoms with Crippen LogP contribution in [-0.2, 0) is 4.79 Å². The Kier molecular flexibility index (Phi) is 13.8. The number of unbranched alkanes of at least 4 members (excludes halogenated alkanes) is 6. The zero-order chi connectivity index (χ0) is 15.8. The van der Waals surface area contributed by atoms with Crippen molar-refractivity contribution in [2.75, 3.05) is 0 Å². The molecule has 0 aromatic heterocycles. The molecule has 3 nitrogen and oxygen atoms in total. The summed E-state index contributed by atoms with van der Waals surface area (Å²) in [5.41, 5.74) is 0. The second kappa shape index (κ2) is 14.9. The number of hydrogen-bond acceptors (Lipinski definition) is 2. The first-order valence-corrected chi connectivity index (χ1v) is 8.10. The number of hydrogen-bond donors (Lipinski definition) is 2. The number of aliphatic hydroxyl groups excluding tert-OH is 1. The van der Waals surface area contributed by atoms with Gasteiger partial charge in [0.25, 0.3) is 0 Å². The van der Waals surface area contributed by atoms with Crippen LogP contribution >= 0.6 is 0 Å². The Morgan fingerprint density at radius 2 is 1.52 bits per heavy atom. The highest BCUT2D eigenvalue weighted by atomic mass is 16.4. The zero-order valence-corrected chi connectivity index (χ0v) is 13.3.